The van der Waals surface area contributed by atoms with E-state index >= 15 is 0 Å². The summed E-state index contributed by atoms with van der Waals surface area (Å²) < 4.78 is 6.26. The average Bonchev–Trinajstić information content (AvgIpc) is 2.80. The molecule has 2 aromatic rings. The molecule has 2 rings (SSSR count). The van der Waals surface area contributed by atoms with E-state index in [2.05, 4.69) is 10.1 Å². The Bertz CT molecular complexity index is 657. The maximum atomic E-state index is 11.9. The lowest BCUT2D eigenvalue weighted by atomic mass is 10.2. The van der Waals surface area contributed by atoms with Crippen molar-refractivity contribution >= 4 is 5.97 Å². The van der Waals surface area contributed by atoms with Crippen LogP contribution in [0.4, 0.5) is 0 Å². The quantitative estimate of drug-likeness (QED) is 0.886. The molecule has 0 atom stereocenters. The molecule has 0 aromatic carbocycles. The number of carboxylic acids is 1. The Labute approximate surface area is 108 Å². The van der Waals surface area contributed by atoms with Gasteiger partial charge >= 0.3 is 5.97 Å². The number of carboxylic acid groups (broad SMARTS) is 1. The largest absolute Gasteiger partial charge is 0.477 e. The lowest BCUT2D eigenvalue weighted by molar-refractivity contribution is 0.0694. The highest BCUT2D eigenvalue weighted by Crippen LogP contribution is 2.11. The van der Waals surface area contributed by atoms with Gasteiger partial charge in [0.25, 0.3) is 5.56 Å². The van der Waals surface area contributed by atoms with Crippen LogP contribution >= 0.6 is 0 Å². The van der Waals surface area contributed by atoms with E-state index in [1.165, 1.54) is 22.9 Å². The van der Waals surface area contributed by atoms with Crippen molar-refractivity contribution in [3.63, 3.8) is 0 Å². The van der Waals surface area contributed by atoms with Gasteiger partial charge < -0.3 is 14.2 Å². The minimum atomic E-state index is -1.25. The second-order valence-electron chi connectivity index (χ2n) is 4.36. The molecule has 100 valence electrons. The maximum Gasteiger partial charge on any atom is 0.341 e. The molecule has 0 spiro atoms. The van der Waals surface area contributed by atoms with Crippen molar-refractivity contribution in [3.8, 4) is 0 Å². The van der Waals surface area contributed by atoms with Gasteiger partial charge in [-0.15, -0.1) is 0 Å². The minimum absolute atomic E-state index is 0.0795. The van der Waals surface area contributed by atoms with Gasteiger partial charge in [-0.05, 0) is 12.1 Å². The van der Waals surface area contributed by atoms with E-state index < -0.39 is 11.5 Å². The van der Waals surface area contributed by atoms with Crippen LogP contribution in [0, 0.1) is 0 Å². The number of aromatic nitrogens is 3. The van der Waals surface area contributed by atoms with Crippen molar-refractivity contribution in [2.45, 2.75) is 26.3 Å². The standard InChI is InChI=1S/C12H13N3O4/c1-7(2)10-13-9(14-19-10)6-15-5-3-4-8(11(15)16)12(17)18/h3-5,7H,6H2,1-2H3,(H,17,18). The van der Waals surface area contributed by atoms with E-state index in [0.29, 0.717) is 11.7 Å². The molecule has 7 heteroatoms. The Kier molecular flexibility index (Phi) is 3.46. The van der Waals surface area contributed by atoms with Gasteiger partial charge in [-0.1, -0.05) is 19.0 Å². The monoisotopic (exact) mass is 263 g/mol. The predicted molar refractivity (Wildman–Crippen MR) is 65.2 cm³/mol. The number of hydrogen-bond acceptors (Lipinski definition) is 5. The summed E-state index contributed by atoms with van der Waals surface area (Å²) in [5, 5.41) is 12.6. The molecule has 0 saturated heterocycles. The van der Waals surface area contributed by atoms with Gasteiger partial charge in [0.2, 0.25) is 5.89 Å². The average molecular weight is 263 g/mol. The first-order chi connectivity index (χ1) is 8.99. The highest BCUT2D eigenvalue weighted by atomic mass is 16.5. The van der Waals surface area contributed by atoms with Crippen molar-refractivity contribution < 1.29 is 14.4 Å². The number of aromatic carboxylic acids is 1. The Morgan fingerprint density at radius 1 is 1.53 bits per heavy atom. The summed E-state index contributed by atoms with van der Waals surface area (Å²) in [7, 11) is 0. The summed E-state index contributed by atoms with van der Waals surface area (Å²) in [6.07, 6.45) is 1.49. The molecule has 0 radical (unpaired) electrons. The number of rotatable bonds is 4. The molecule has 1 N–H and O–H groups in total. The van der Waals surface area contributed by atoms with Crippen LogP contribution in [0.5, 0.6) is 0 Å². The van der Waals surface area contributed by atoms with Crippen molar-refractivity contribution in [2.75, 3.05) is 0 Å². The molecular formula is C12H13N3O4. The Balaban J connectivity index is 2.30. The first kappa shape index (κ1) is 13.0. The summed E-state index contributed by atoms with van der Waals surface area (Å²) >= 11 is 0. The summed E-state index contributed by atoms with van der Waals surface area (Å²) in [5.74, 6) is -0.329. The van der Waals surface area contributed by atoms with Crippen molar-refractivity contribution in [2.24, 2.45) is 0 Å². The topological polar surface area (TPSA) is 98.2 Å². The fourth-order valence-electron chi connectivity index (χ4n) is 1.54. The summed E-state index contributed by atoms with van der Waals surface area (Å²) in [4.78, 5) is 26.8. The van der Waals surface area contributed by atoms with E-state index in [-0.39, 0.29) is 18.0 Å². The molecule has 0 fully saturated rings. The fourth-order valence-corrected chi connectivity index (χ4v) is 1.54. The smallest absolute Gasteiger partial charge is 0.341 e. The van der Waals surface area contributed by atoms with Gasteiger partial charge in [-0.3, -0.25) is 4.79 Å². The second-order valence-corrected chi connectivity index (χ2v) is 4.36. The van der Waals surface area contributed by atoms with Crippen LogP contribution in [0.1, 0.15) is 41.8 Å². The normalized spacial score (nSPS) is 10.9. The van der Waals surface area contributed by atoms with Crippen molar-refractivity contribution in [1.29, 1.82) is 0 Å². The Morgan fingerprint density at radius 3 is 2.84 bits per heavy atom. The van der Waals surface area contributed by atoms with Crippen LogP contribution in [-0.4, -0.2) is 25.8 Å². The second kappa shape index (κ2) is 5.05. The molecule has 0 bridgehead atoms. The van der Waals surface area contributed by atoms with Gasteiger partial charge in [-0.2, -0.15) is 4.98 Å². The third-order valence-corrected chi connectivity index (χ3v) is 2.54. The zero-order chi connectivity index (χ0) is 14.0. The van der Waals surface area contributed by atoms with E-state index in [0.717, 1.165) is 0 Å². The summed E-state index contributed by atoms with van der Waals surface area (Å²) in [6.45, 7) is 3.90. The van der Waals surface area contributed by atoms with Gasteiger partial charge in [-0.25, -0.2) is 4.79 Å². The van der Waals surface area contributed by atoms with E-state index in [1.54, 1.807) is 0 Å². The molecule has 7 nitrogen and oxygen atoms in total. The first-order valence-corrected chi connectivity index (χ1v) is 5.74. The van der Waals surface area contributed by atoms with E-state index in [4.69, 9.17) is 9.63 Å². The van der Waals surface area contributed by atoms with Crippen LogP contribution in [0.2, 0.25) is 0 Å². The molecule has 0 aliphatic heterocycles. The fraction of sp³-hybridized carbons (Fsp3) is 0.333. The Morgan fingerprint density at radius 2 is 2.26 bits per heavy atom. The predicted octanol–water partition coefficient (Wildman–Crippen LogP) is 1.10. The SMILES string of the molecule is CC(C)c1nc(Cn2cccc(C(=O)O)c2=O)no1. The van der Waals surface area contributed by atoms with E-state index in [1.807, 2.05) is 13.8 Å². The zero-order valence-corrected chi connectivity index (χ0v) is 10.5. The van der Waals surface area contributed by atoms with Crippen LogP contribution in [0.25, 0.3) is 0 Å². The van der Waals surface area contributed by atoms with Crippen molar-refractivity contribution in [3.05, 3.63) is 46.0 Å². The Hall–Kier alpha value is -2.44. The van der Waals surface area contributed by atoms with Crippen LogP contribution in [0.15, 0.2) is 27.6 Å². The van der Waals surface area contributed by atoms with Gasteiger partial charge in [0.1, 0.15) is 5.56 Å². The molecule has 2 aromatic heterocycles. The number of nitrogens with zero attached hydrogens (tertiary/aromatic N) is 3. The molecule has 0 aliphatic rings. The highest BCUT2D eigenvalue weighted by molar-refractivity contribution is 5.86. The third kappa shape index (κ3) is 2.70. The van der Waals surface area contributed by atoms with Crippen LogP contribution < -0.4 is 5.56 Å². The number of carbonyl (C=O) groups is 1. The zero-order valence-electron chi connectivity index (χ0n) is 10.5. The molecule has 0 saturated carbocycles. The minimum Gasteiger partial charge on any atom is -0.477 e. The molecule has 0 amide bonds. The van der Waals surface area contributed by atoms with E-state index in [9.17, 15) is 9.59 Å². The number of pyridine rings is 1. The lowest BCUT2D eigenvalue weighted by Crippen LogP contribution is -2.26. The first-order valence-electron chi connectivity index (χ1n) is 5.74. The molecule has 0 unspecified atom stereocenters. The van der Waals surface area contributed by atoms with Crippen LogP contribution in [-0.2, 0) is 6.54 Å². The van der Waals surface area contributed by atoms with Gasteiger partial charge in [0.15, 0.2) is 5.82 Å². The summed E-state index contributed by atoms with van der Waals surface area (Å²) in [5.41, 5.74) is -0.874. The summed E-state index contributed by atoms with van der Waals surface area (Å²) in [6, 6.07) is 2.76. The molecule has 19 heavy (non-hydrogen) atoms. The lowest BCUT2D eigenvalue weighted by Gasteiger charge is -2.02. The van der Waals surface area contributed by atoms with Gasteiger partial charge in [0, 0.05) is 12.1 Å². The molecule has 2 heterocycles. The van der Waals surface area contributed by atoms with Crippen molar-refractivity contribution in [1.82, 2.24) is 14.7 Å². The van der Waals surface area contributed by atoms with Gasteiger partial charge in [0.05, 0.1) is 6.54 Å². The highest BCUT2D eigenvalue weighted by Gasteiger charge is 2.13. The van der Waals surface area contributed by atoms with Crippen LogP contribution in [0.3, 0.4) is 0 Å². The maximum absolute atomic E-state index is 11.9. The number of hydrogen-bond donors (Lipinski definition) is 1. The third-order valence-electron chi connectivity index (χ3n) is 2.54. The molecular weight excluding hydrogens is 250 g/mol. The molecule has 0 aliphatic carbocycles.